The first-order chi connectivity index (χ1) is 14.7. The Balaban J connectivity index is 1.76. The Kier molecular flexibility index (Phi) is 6.95. The molecular formula is C24H32N4O3. The van der Waals surface area contributed by atoms with E-state index in [0.29, 0.717) is 18.7 Å². The topological polar surface area (TPSA) is 78.2 Å². The summed E-state index contributed by atoms with van der Waals surface area (Å²) in [4.78, 5) is 27.4. The first kappa shape index (κ1) is 22.7. The number of carbonyl (C=O) groups is 2. The van der Waals surface area contributed by atoms with E-state index in [4.69, 9.17) is 4.42 Å². The molecule has 0 saturated carbocycles. The van der Waals surface area contributed by atoms with Crippen LogP contribution in [0.25, 0.3) is 0 Å². The Labute approximate surface area is 184 Å². The Bertz CT molecular complexity index is 927. The number of likely N-dealkylation sites (N-methyl/N-ethyl adjacent to an activating group) is 1. The lowest BCUT2D eigenvalue weighted by Crippen LogP contribution is -2.48. The maximum Gasteiger partial charge on any atom is 0.257 e. The molecule has 0 saturated heterocycles. The first-order valence-electron chi connectivity index (χ1n) is 10.7. The molecule has 1 aliphatic rings. The minimum atomic E-state index is -0.312. The number of nitrogens with zero attached hydrogens (tertiary/aromatic N) is 3. The molecule has 31 heavy (non-hydrogen) atoms. The van der Waals surface area contributed by atoms with E-state index in [0.717, 1.165) is 11.3 Å². The van der Waals surface area contributed by atoms with Gasteiger partial charge < -0.3 is 9.73 Å². The highest BCUT2D eigenvalue weighted by molar-refractivity contribution is 6.03. The van der Waals surface area contributed by atoms with Crippen LogP contribution < -0.4 is 5.32 Å². The zero-order valence-electron chi connectivity index (χ0n) is 19.0. The number of rotatable bonds is 7. The molecule has 0 radical (unpaired) electrons. The van der Waals surface area contributed by atoms with Crippen molar-refractivity contribution >= 4 is 17.5 Å². The summed E-state index contributed by atoms with van der Waals surface area (Å²) in [5.41, 5.74) is 2.70. The standard InChI is InChI=1S/C24H32N4O3/c1-6-27(15-22(29)25-24(3,4)5)16-23(30)28-20(21-8-7-13-31-21)14-19(26-28)18-11-9-17(2)10-12-18/h7-13,20H,6,14-16H2,1-5H3,(H,25,29)/t20-/m0/s1. The van der Waals surface area contributed by atoms with Crippen LogP contribution in [0.15, 0.2) is 52.2 Å². The molecule has 7 heteroatoms. The molecule has 1 aromatic carbocycles. The molecule has 7 nitrogen and oxygen atoms in total. The summed E-state index contributed by atoms with van der Waals surface area (Å²) in [5.74, 6) is 0.441. The van der Waals surface area contributed by atoms with Crippen molar-refractivity contribution in [1.82, 2.24) is 15.2 Å². The van der Waals surface area contributed by atoms with Gasteiger partial charge in [-0.25, -0.2) is 5.01 Å². The van der Waals surface area contributed by atoms with Crippen LogP contribution in [-0.2, 0) is 9.59 Å². The van der Waals surface area contributed by atoms with E-state index in [1.165, 1.54) is 10.6 Å². The fourth-order valence-electron chi connectivity index (χ4n) is 3.57. The van der Waals surface area contributed by atoms with Crippen LogP contribution in [0.1, 0.15) is 57.0 Å². The van der Waals surface area contributed by atoms with Crippen LogP contribution in [0.4, 0.5) is 0 Å². The summed E-state index contributed by atoms with van der Waals surface area (Å²) < 4.78 is 5.61. The van der Waals surface area contributed by atoms with Crippen molar-refractivity contribution in [3.05, 3.63) is 59.5 Å². The third kappa shape index (κ3) is 6.04. The third-order valence-electron chi connectivity index (χ3n) is 5.11. The van der Waals surface area contributed by atoms with Crippen molar-refractivity contribution in [2.24, 2.45) is 5.10 Å². The van der Waals surface area contributed by atoms with Gasteiger partial charge in [-0.05, 0) is 51.9 Å². The fraction of sp³-hybridized carbons (Fsp3) is 0.458. The van der Waals surface area contributed by atoms with Crippen molar-refractivity contribution < 1.29 is 14.0 Å². The molecule has 1 N–H and O–H groups in total. The number of hydrazone groups is 1. The zero-order valence-corrected chi connectivity index (χ0v) is 19.0. The minimum Gasteiger partial charge on any atom is -0.467 e. The summed E-state index contributed by atoms with van der Waals surface area (Å²) in [6.45, 7) is 10.6. The minimum absolute atomic E-state index is 0.102. The van der Waals surface area contributed by atoms with Crippen molar-refractivity contribution in [1.29, 1.82) is 0 Å². The van der Waals surface area contributed by atoms with E-state index in [-0.39, 0.29) is 36.5 Å². The summed E-state index contributed by atoms with van der Waals surface area (Å²) >= 11 is 0. The first-order valence-corrected chi connectivity index (χ1v) is 10.7. The van der Waals surface area contributed by atoms with E-state index in [1.54, 1.807) is 6.26 Å². The SMILES string of the molecule is CCN(CC(=O)NC(C)(C)C)CC(=O)N1N=C(c2ccc(C)cc2)C[C@H]1c1ccco1. The number of furan rings is 1. The van der Waals surface area contributed by atoms with Crippen molar-refractivity contribution in [3.63, 3.8) is 0 Å². The molecule has 1 aromatic heterocycles. The monoisotopic (exact) mass is 424 g/mol. The molecule has 2 amide bonds. The Morgan fingerprint density at radius 3 is 2.48 bits per heavy atom. The molecule has 2 aromatic rings. The molecule has 1 aliphatic heterocycles. The van der Waals surface area contributed by atoms with Gasteiger partial charge in [-0.15, -0.1) is 0 Å². The smallest absolute Gasteiger partial charge is 0.257 e. The maximum atomic E-state index is 13.2. The van der Waals surface area contributed by atoms with Gasteiger partial charge in [0, 0.05) is 12.0 Å². The molecule has 3 rings (SSSR count). The van der Waals surface area contributed by atoms with E-state index < -0.39 is 0 Å². The predicted molar refractivity (Wildman–Crippen MR) is 121 cm³/mol. The third-order valence-corrected chi connectivity index (χ3v) is 5.11. The highest BCUT2D eigenvalue weighted by Gasteiger charge is 2.35. The van der Waals surface area contributed by atoms with Gasteiger partial charge in [-0.3, -0.25) is 14.5 Å². The molecule has 0 fully saturated rings. The van der Waals surface area contributed by atoms with Crippen molar-refractivity contribution in [2.75, 3.05) is 19.6 Å². The van der Waals surface area contributed by atoms with Crippen molar-refractivity contribution in [3.8, 4) is 0 Å². The molecule has 0 aliphatic carbocycles. The number of benzene rings is 1. The van der Waals surface area contributed by atoms with Crippen molar-refractivity contribution in [2.45, 2.75) is 52.6 Å². The summed E-state index contributed by atoms with van der Waals surface area (Å²) in [6, 6.07) is 11.5. The van der Waals surface area contributed by atoms with Crippen LogP contribution in [0.5, 0.6) is 0 Å². The number of carbonyl (C=O) groups excluding carboxylic acids is 2. The molecule has 166 valence electrons. The summed E-state index contributed by atoms with van der Waals surface area (Å²) in [7, 11) is 0. The number of amides is 2. The van der Waals surface area contributed by atoms with Crippen LogP contribution >= 0.6 is 0 Å². The number of aryl methyl sites for hydroxylation is 1. The molecule has 0 unspecified atom stereocenters. The van der Waals surface area contributed by atoms with Gasteiger partial charge in [-0.2, -0.15) is 5.10 Å². The summed E-state index contributed by atoms with van der Waals surface area (Å²) in [6.07, 6.45) is 2.19. The second-order valence-corrected chi connectivity index (χ2v) is 8.99. The Morgan fingerprint density at radius 2 is 1.90 bits per heavy atom. The van der Waals surface area contributed by atoms with Gasteiger partial charge in [0.05, 0.1) is 25.1 Å². The van der Waals surface area contributed by atoms with Gasteiger partial charge in [0.1, 0.15) is 11.8 Å². The second kappa shape index (κ2) is 9.47. The average Bonchev–Trinajstić information content (AvgIpc) is 3.36. The Morgan fingerprint density at radius 1 is 1.19 bits per heavy atom. The summed E-state index contributed by atoms with van der Waals surface area (Å²) in [5, 5.41) is 9.12. The normalized spacial score (nSPS) is 16.5. The molecule has 0 spiro atoms. The van der Waals surface area contributed by atoms with E-state index >= 15 is 0 Å². The Hall–Kier alpha value is -2.93. The molecular weight excluding hydrogens is 392 g/mol. The van der Waals surface area contributed by atoms with Crippen LogP contribution in [-0.4, -0.2) is 52.6 Å². The van der Waals surface area contributed by atoms with E-state index in [1.807, 2.05) is 75.9 Å². The maximum absolute atomic E-state index is 13.2. The van der Waals surface area contributed by atoms with E-state index in [9.17, 15) is 9.59 Å². The lowest BCUT2D eigenvalue weighted by molar-refractivity contribution is -0.135. The number of hydrogen-bond donors (Lipinski definition) is 1. The van der Waals surface area contributed by atoms with Gasteiger partial charge in [0.25, 0.3) is 5.91 Å². The lowest BCUT2D eigenvalue weighted by atomic mass is 10.0. The van der Waals surface area contributed by atoms with Gasteiger partial charge in [0.2, 0.25) is 5.91 Å². The zero-order chi connectivity index (χ0) is 22.6. The van der Waals surface area contributed by atoms with Gasteiger partial charge >= 0.3 is 0 Å². The van der Waals surface area contributed by atoms with Crippen LogP contribution in [0.2, 0.25) is 0 Å². The number of nitrogens with one attached hydrogen (secondary N) is 1. The average molecular weight is 425 g/mol. The molecule has 1 atom stereocenters. The lowest BCUT2D eigenvalue weighted by Gasteiger charge is -2.26. The van der Waals surface area contributed by atoms with Gasteiger partial charge in [-0.1, -0.05) is 36.8 Å². The second-order valence-electron chi connectivity index (χ2n) is 8.99. The largest absolute Gasteiger partial charge is 0.467 e. The quantitative estimate of drug-likeness (QED) is 0.738. The van der Waals surface area contributed by atoms with Gasteiger partial charge in [0.15, 0.2) is 0 Å². The fourth-order valence-corrected chi connectivity index (χ4v) is 3.57. The van der Waals surface area contributed by atoms with Crippen LogP contribution in [0, 0.1) is 6.92 Å². The number of hydrogen-bond acceptors (Lipinski definition) is 5. The molecule has 2 heterocycles. The van der Waals surface area contributed by atoms with E-state index in [2.05, 4.69) is 10.4 Å². The molecule has 0 bridgehead atoms. The highest BCUT2D eigenvalue weighted by Crippen LogP contribution is 2.33. The predicted octanol–water partition coefficient (Wildman–Crippen LogP) is 3.50. The highest BCUT2D eigenvalue weighted by atomic mass is 16.3. The van der Waals surface area contributed by atoms with Crippen LogP contribution in [0.3, 0.4) is 0 Å².